The quantitative estimate of drug-likeness (QED) is 0.314. The number of amides is 3. The minimum Gasteiger partial charge on any atom is -0.354 e. The fourth-order valence-electron chi connectivity index (χ4n) is 4.85. The molecule has 1 N–H and O–H groups in total. The Kier molecular flexibility index (Phi) is 8.72. The SMILES string of the molecule is CCCNC(=O)[C@H](CC)N(Cc1ccc(Cl)cc1Cl)C(=O)CCCN1C(=O)c2cccc3cccc1c23. The Morgan fingerprint density at radius 1 is 1.05 bits per heavy atom. The Balaban J connectivity index is 1.50. The summed E-state index contributed by atoms with van der Waals surface area (Å²) in [4.78, 5) is 42.9. The van der Waals surface area contributed by atoms with Gasteiger partial charge in [0.2, 0.25) is 11.8 Å². The third-order valence-electron chi connectivity index (χ3n) is 6.71. The zero-order valence-electron chi connectivity index (χ0n) is 21.1. The summed E-state index contributed by atoms with van der Waals surface area (Å²) in [5.41, 5.74) is 2.29. The van der Waals surface area contributed by atoms with Crippen LogP contribution in [0.5, 0.6) is 0 Å². The molecule has 6 nitrogen and oxygen atoms in total. The molecule has 8 heteroatoms. The van der Waals surface area contributed by atoms with Crippen LogP contribution in [0.4, 0.5) is 5.69 Å². The summed E-state index contributed by atoms with van der Waals surface area (Å²) in [6, 6.07) is 16.1. The van der Waals surface area contributed by atoms with E-state index >= 15 is 0 Å². The number of carbonyl (C=O) groups is 3. The van der Waals surface area contributed by atoms with E-state index in [-0.39, 0.29) is 30.7 Å². The molecule has 1 aliphatic rings. The van der Waals surface area contributed by atoms with Crippen molar-refractivity contribution in [3.63, 3.8) is 0 Å². The third-order valence-corrected chi connectivity index (χ3v) is 7.30. The second-order valence-electron chi connectivity index (χ2n) is 9.21. The largest absolute Gasteiger partial charge is 0.354 e. The molecule has 37 heavy (non-hydrogen) atoms. The average Bonchev–Trinajstić information content (AvgIpc) is 3.16. The summed E-state index contributed by atoms with van der Waals surface area (Å²) >= 11 is 12.5. The van der Waals surface area contributed by atoms with E-state index in [1.54, 1.807) is 28.0 Å². The van der Waals surface area contributed by atoms with E-state index in [2.05, 4.69) is 5.32 Å². The molecule has 3 aromatic rings. The van der Waals surface area contributed by atoms with E-state index in [0.717, 1.165) is 28.4 Å². The predicted molar refractivity (Wildman–Crippen MR) is 149 cm³/mol. The van der Waals surface area contributed by atoms with Crippen LogP contribution in [0.1, 0.15) is 55.5 Å². The molecule has 1 atom stereocenters. The number of nitrogens with zero attached hydrogens (tertiary/aromatic N) is 2. The normalized spacial score (nSPS) is 13.2. The van der Waals surface area contributed by atoms with Crippen molar-refractivity contribution in [3.8, 4) is 0 Å². The lowest BCUT2D eigenvalue weighted by Gasteiger charge is -2.31. The third kappa shape index (κ3) is 5.76. The number of carbonyl (C=O) groups excluding carboxylic acids is 3. The Hall–Kier alpha value is -3.09. The molecule has 0 unspecified atom stereocenters. The maximum atomic E-state index is 13.5. The molecule has 0 bridgehead atoms. The summed E-state index contributed by atoms with van der Waals surface area (Å²) in [5.74, 6) is -0.388. The van der Waals surface area contributed by atoms with Crippen LogP contribution in [0.15, 0.2) is 54.6 Å². The van der Waals surface area contributed by atoms with Crippen LogP contribution >= 0.6 is 23.2 Å². The zero-order valence-corrected chi connectivity index (χ0v) is 22.6. The standard InChI is InChI=1S/C29H31Cl2N3O3/c1-3-15-32-28(36)24(4-2)34(18-20-13-14-21(30)17-23(20)31)26(35)12-7-16-33-25-11-6-9-19-8-5-10-22(27(19)25)29(33)37/h5-6,8-11,13-14,17,24H,3-4,7,12,15-16,18H2,1-2H3,(H,32,36)/t24-/m0/s1. The van der Waals surface area contributed by atoms with E-state index in [9.17, 15) is 14.4 Å². The van der Waals surface area contributed by atoms with Crippen LogP contribution < -0.4 is 10.2 Å². The molecule has 0 aromatic heterocycles. The van der Waals surface area contributed by atoms with Gasteiger partial charge < -0.3 is 15.1 Å². The van der Waals surface area contributed by atoms with Gasteiger partial charge in [0.05, 0.1) is 5.69 Å². The Morgan fingerprint density at radius 2 is 1.81 bits per heavy atom. The number of halogens is 2. The van der Waals surface area contributed by atoms with E-state index in [1.165, 1.54) is 0 Å². The molecular formula is C29H31Cl2N3O3. The van der Waals surface area contributed by atoms with Crippen LogP contribution in [0.25, 0.3) is 10.8 Å². The highest BCUT2D eigenvalue weighted by atomic mass is 35.5. The Labute approximate surface area is 227 Å². The van der Waals surface area contributed by atoms with Gasteiger partial charge in [-0.1, -0.05) is 67.4 Å². The van der Waals surface area contributed by atoms with Crippen molar-refractivity contribution in [1.82, 2.24) is 10.2 Å². The summed E-state index contributed by atoms with van der Waals surface area (Å²) in [5, 5.41) is 5.85. The first-order valence-electron chi connectivity index (χ1n) is 12.7. The van der Waals surface area contributed by atoms with Gasteiger partial charge in [-0.05, 0) is 54.5 Å². The van der Waals surface area contributed by atoms with Crippen LogP contribution in [-0.2, 0) is 16.1 Å². The van der Waals surface area contributed by atoms with Crippen LogP contribution in [0.3, 0.4) is 0 Å². The molecule has 0 saturated carbocycles. The number of hydrogen-bond donors (Lipinski definition) is 1. The number of nitrogens with one attached hydrogen (secondary N) is 1. The number of hydrogen-bond acceptors (Lipinski definition) is 3. The highest BCUT2D eigenvalue weighted by Gasteiger charge is 2.31. The lowest BCUT2D eigenvalue weighted by atomic mass is 10.1. The van der Waals surface area contributed by atoms with Crippen molar-refractivity contribution >= 4 is 57.4 Å². The summed E-state index contributed by atoms with van der Waals surface area (Å²) in [6.45, 7) is 5.02. The van der Waals surface area contributed by atoms with Gasteiger partial charge in [0.15, 0.2) is 0 Å². The lowest BCUT2D eigenvalue weighted by molar-refractivity contribution is -0.141. The number of rotatable bonds is 11. The second-order valence-corrected chi connectivity index (χ2v) is 10.1. The minimum absolute atomic E-state index is 0.0468. The fraction of sp³-hybridized carbons (Fsp3) is 0.345. The molecule has 194 valence electrons. The predicted octanol–water partition coefficient (Wildman–Crippen LogP) is 6.22. The van der Waals surface area contributed by atoms with Crippen LogP contribution in [0.2, 0.25) is 10.0 Å². The van der Waals surface area contributed by atoms with Gasteiger partial charge in [-0.2, -0.15) is 0 Å². The summed E-state index contributed by atoms with van der Waals surface area (Å²) in [7, 11) is 0. The van der Waals surface area contributed by atoms with Gasteiger partial charge in [0, 0.05) is 47.1 Å². The Morgan fingerprint density at radius 3 is 2.51 bits per heavy atom. The van der Waals surface area contributed by atoms with E-state index in [4.69, 9.17) is 23.2 Å². The minimum atomic E-state index is -0.628. The fourth-order valence-corrected chi connectivity index (χ4v) is 5.32. The lowest BCUT2D eigenvalue weighted by Crippen LogP contribution is -2.49. The van der Waals surface area contributed by atoms with E-state index < -0.39 is 6.04 Å². The van der Waals surface area contributed by atoms with Gasteiger partial charge in [0.25, 0.3) is 5.91 Å². The average molecular weight is 540 g/mol. The van der Waals surface area contributed by atoms with Gasteiger partial charge in [-0.25, -0.2) is 0 Å². The van der Waals surface area contributed by atoms with Gasteiger partial charge in [0.1, 0.15) is 6.04 Å². The summed E-state index contributed by atoms with van der Waals surface area (Å²) < 4.78 is 0. The zero-order chi connectivity index (χ0) is 26.5. The van der Waals surface area contributed by atoms with E-state index in [0.29, 0.717) is 41.5 Å². The van der Waals surface area contributed by atoms with Crippen molar-refractivity contribution in [1.29, 1.82) is 0 Å². The second kappa shape index (κ2) is 12.0. The smallest absolute Gasteiger partial charge is 0.258 e. The maximum absolute atomic E-state index is 13.5. The first-order valence-corrected chi connectivity index (χ1v) is 13.5. The van der Waals surface area contributed by atoms with Crippen LogP contribution in [0, 0.1) is 0 Å². The van der Waals surface area contributed by atoms with Gasteiger partial charge >= 0.3 is 0 Å². The number of anilines is 1. The molecule has 1 aliphatic heterocycles. The molecule has 0 saturated heterocycles. The first kappa shape index (κ1) is 27.0. The molecule has 0 spiro atoms. The van der Waals surface area contributed by atoms with E-state index in [1.807, 2.05) is 50.2 Å². The van der Waals surface area contributed by atoms with Gasteiger partial charge in [-0.15, -0.1) is 0 Å². The number of benzene rings is 3. The van der Waals surface area contributed by atoms with Crippen molar-refractivity contribution in [2.24, 2.45) is 0 Å². The molecule has 0 fully saturated rings. The van der Waals surface area contributed by atoms with Crippen molar-refractivity contribution in [2.75, 3.05) is 18.0 Å². The first-order chi connectivity index (χ1) is 17.8. The molecule has 1 heterocycles. The molecule has 0 aliphatic carbocycles. The van der Waals surface area contributed by atoms with Gasteiger partial charge in [-0.3, -0.25) is 14.4 Å². The van der Waals surface area contributed by atoms with Crippen molar-refractivity contribution in [3.05, 3.63) is 75.8 Å². The monoisotopic (exact) mass is 539 g/mol. The van der Waals surface area contributed by atoms with Crippen molar-refractivity contribution in [2.45, 2.75) is 52.1 Å². The molecular weight excluding hydrogens is 509 g/mol. The maximum Gasteiger partial charge on any atom is 0.258 e. The van der Waals surface area contributed by atoms with Crippen LogP contribution in [-0.4, -0.2) is 41.8 Å². The van der Waals surface area contributed by atoms with Crippen molar-refractivity contribution < 1.29 is 14.4 Å². The molecule has 3 amide bonds. The summed E-state index contributed by atoms with van der Waals surface area (Å²) in [6.07, 6.45) is 1.93. The highest BCUT2D eigenvalue weighted by molar-refractivity contribution is 6.35. The molecule has 4 rings (SSSR count). The Bertz CT molecular complexity index is 1320. The molecule has 0 radical (unpaired) electrons. The molecule has 3 aromatic carbocycles. The topological polar surface area (TPSA) is 69.7 Å². The highest BCUT2D eigenvalue weighted by Crippen LogP contribution is 2.37.